The van der Waals surface area contributed by atoms with Crippen molar-refractivity contribution in [3.8, 4) is 11.4 Å². The van der Waals surface area contributed by atoms with Crippen molar-refractivity contribution in [1.29, 1.82) is 0 Å². The van der Waals surface area contributed by atoms with Gasteiger partial charge in [-0.15, -0.1) is 0 Å². The van der Waals surface area contributed by atoms with Crippen molar-refractivity contribution in [3.05, 3.63) is 35.2 Å². The lowest BCUT2D eigenvalue weighted by Crippen LogP contribution is -2.36. The Morgan fingerprint density at radius 1 is 1.30 bits per heavy atom. The summed E-state index contributed by atoms with van der Waals surface area (Å²) in [6.45, 7) is 8.00. The van der Waals surface area contributed by atoms with Crippen molar-refractivity contribution in [2.45, 2.75) is 26.8 Å². The lowest BCUT2D eigenvalue weighted by molar-refractivity contribution is 0.0928. The predicted octanol–water partition coefficient (Wildman–Crippen LogP) is 3.69. The maximum absolute atomic E-state index is 12.1. The van der Waals surface area contributed by atoms with Crippen molar-refractivity contribution in [2.75, 3.05) is 32.8 Å². The topological polar surface area (TPSA) is 71.7 Å². The fourth-order valence-electron chi connectivity index (χ4n) is 2.90. The molecule has 1 aliphatic rings. The van der Waals surface area contributed by atoms with Crippen LogP contribution < -0.4 is 0 Å². The first kappa shape index (κ1) is 19.6. The quantitative estimate of drug-likeness (QED) is 0.772. The average molecular weight is 393 g/mol. The number of hydrogen-bond donors (Lipinski definition) is 0. The van der Waals surface area contributed by atoms with Gasteiger partial charge in [-0.1, -0.05) is 42.7 Å². The van der Waals surface area contributed by atoms with E-state index in [1.54, 1.807) is 11.0 Å². The third-order valence-electron chi connectivity index (χ3n) is 4.30. The van der Waals surface area contributed by atoms with E-state index in [0.29, 0.717) is 48.9 Å². The molecule has 2 heterocycles. The minimum atomic E-state index is -0.230. The van der Waals surface area contributed by atoms with Gasteiger partial charge in [0.1, 0.15) is 0 Å². The Balaban J connectivity index is 1.54. The number of aromatic nitrogens is 2. The summed E-state index contributed by atoms with van der Waals surface area (Å²) in [6, 6.07) is 7.37. The van der Waals surface area contributed by atoms with Crippen LogP contribution in [0.25, 0.3) is 11.4 Å². The van der Waals surface area contributed by atoms with Crippen molar-refractivity contribution in [3.63, 3.8) is 0 Å². The van der Waals surface area contributed by atoms with Gasteiger partial charge in [0.2, 0.25) is 11.7 Å². The summed E-state index contributed by atoms with van der Waals surface area (Å²) in [6.07, 6.45) is 0.651. The zero-order valence-corrected chi connectivity index (χ0v) is 16.5. The highest BCUT2D eigenvalue weighted by Crippen LogP contribution is 2.20. The summed E-state index contributed by atoms with van der Waals surface area (Å²) < 4.78 is 10.7. The lowest BCUT2D eigenvalue weighted by atomic mass is 10.2. The number of halogens is 1. The van der Waals surface area contributed by atoms with Crippen LogP contribution in [0.15, 0.2) is 28.8 Å². The largest absolute Gasteiger partial charge is 0.449 e. The van der Waals surface area contributed by atoms with Crippen LogP contribution in [0.5, 0.6) is 0 Å². The molecule has 0 atom stereocenters. The summed E-state index contributed by atoms with van der Waals surface area (Å²) in [5.41, 5.74) is 0.826. The highest BCUT2D eigenvalue weighted by atomic mass is 35.5. The number of ether oxygens (including phenoxy) is 1. The van der Waals surface area contributed by atoms with E-state index in [0.717, 1.165) is 25.1 Å². The number of amides is 1. The maximum Gasteiger partial charge on any atom is 0.409 e. The van der Waals surface area contributed by atoms with Gasteiger partial charge in [0.05, 0.1) is 13.2 Å². The monoisotopic (exact) mass is 392 g/mol. The molecule has 2 aromatic rings. The first-order chi connectivity index (χ1) is 13.0. The highest BCUT2D eigenvalue weighted by Gasteiger charge is 2.22. The van der Waals surface area contributed by atoms with Gasteiger partial charge < -0.3 is 14.2 Å². The summed E-state index contributed by atoms with van der Waals surface area (Å²) in [5.74, 6) is 1.42. The molecule has 1 aliphatic heterocycles. The summed E-state index contributed by atoms with van der Waals surface area (Å²) >= 11 is 6.02. The summed E-state index contributed by atoms with van der Waals surface area (Å²) in [7, 11) is 0. The Hall–Kier alpha value is -2.12. The van der Waals surface area contributed by atoms with E-state index in [1.165, 1.54) is 0 Å². The SMILES string of the molecule is CC(C)COC(=O)N1CCCN(Cc2nc(-c3cccc(Cl)c3)no2)CC1. The molecule has 0 radical (unpaired) electrons. The molecule has 0 aliphatic carbocycles. The molecule has 1 amide bonds. The van der Waals surface area contributed by atoms with Crippen LogP contribution in [-0.2, 0) is 11.3 Å². The third kappa shape index (κ3) is 5.68. The molecule has 0 N–H and O–H groups in total. The van der Waals surface area contributed by atoms with Crippen molar-refractivity contribution < 1.29 is 14.1 Å². The Labute approximate surface area is 164 Å². The molecule has 146 valence electrons. The van der Waals surface area contributed by atoms with Crippen molar-refractivity contribution >= 4 is 17.7 Å². The molecule has 0 unspecified atom stereocenters. The minimum absolute atomic E-state index is 0.230. The number of carbonyl (C=O) groups excluding carboxylic acids is 1. The smallest absolute Gasteiger partial charge is 0.409 e. The Kier molecular flexibility index (Phi) is 6.68. The number of carbonyl (C=O) groups is 1. The first-order valence-electron chi connectivity index (χ1n) is 9.24. The van der Waals surface area contributed by atoms with Crippen LogP contribution in [0, 0.1) is 5.92 Å². The van der Waals surface area contributed by atoms with Crippen LogP contribution in [-0.4, -0.2) is 58.8 Å². The average Bonchev–Trinajstić information content (AvgIpc) is 2.98. The van der Waals surface area contributed by atoms with E-state index in [1.807, 2.05) is 32.0 Å². The van der Waals surface area contributed by atoms with E-state index in [2.05, 4.69) is 15.0 Å². The zero-order chi connectivity index (χ0) is 19.2. The normalized spacial score (nSPS) is 15.8. The molecule has 1 saturated heterocycles. The molecule has 3 rings (SSSR count). The molecule has 1 fully saturated rings. The second kappa shape index (κ2) is 9.19. The van der Waals surface area contributed by atoms with Crippen LogP contribution in [0.1, 0.15) is 26.2 Å². The van der Waals surface area contributed by atoms with Gasteiger partial charge in [-0.05, 0) is 24.5 Å². The van der Waals surface area contributed by atoms with E-state index in [4.69, 9.17) is 20.9 Å². The van der Waals surface area contributed by atoms with Crippen LogP contribution in [0.4, 0.5) is 4.79 Å². The molecule has 27 heavy (non-hydrogen) atoms. The molecule has 0 spiro atoms. The fraction of sp³-hybridized carbons (Fsp3) is 0.526. The van der Waals surface area contributed by atoms with Gasteiger partial charge in [0.25, 0.3) is 0 Å². The van der Waals surface area contributed by atoms with Gasteiger partial charge in [-0.2, -0.15) is 4.98 Å². The maximum atomic E-state index is 12.1. The molecule has 0 saturated carbocycles. The Morgan fingerprint density at radius 3 is 2.93 bits per heavy atom. The molecule has 1 aromatic heterocycles. The van der Waals surface area contributed by atoms with Gasteiger partial charge >= 0.3 is 6.09 Å². The second-order valence-electron chi connectivity index (χ2n) is 7.11. The van der Waals surface area contributed by atoms with E-state index >= 15 is 0 Å². The first-order valence-corrected chi connectivity index (χ1v) is 9.61. The van der Waals surface area contributed by atoms with Crippen molar-refractivity contribution in [1.82, 2.24) is 19.9 Å². The zero-order valence-electron chi connectivity index (χ0n) is 15.7. The molecule has 7 nitrogen and oxygen atoms in total. The van der Waals surface area contributed by atoms with Crippen LogP contribution in [0.2, 0.25) is 5.02 Å². The second-order valence-corrected chi connectivity index (χ2v) is 7.55. The van der Waals surface area contributed by atoms with Crippen LogP contribution in [0.3, 0.4) is 0 Å². The predicted molar refractivity (Wildman–Crippen MR) is 102 cm³/mol. The van der Waals surface area contributed by atoms with Crippen molar-refractivity contribution in [2.24, 2.45) is 5.92 Å². The lowest BCUT2D eigenvalue weighted by Gasteiger charge is -2.21. The van der Waals surface area contributed by atoms with Crippen LogP contribution >= 0.6 is 11.6 Å². The molecule has 1 aromatic carbocycles. The standard InChI is InChI=1S/C19H25ClN4O3/c1-14(2)13-26-19(25)24-8-4-7-23(9-10-24)12-17-21-18(22-27-17)15-5-3-6-16(20)11-15/h3,5-6,11,14H,4,7-10,12-13H2,1-2H3. The number of hydrogen-bond acceptors (Lipinski definition) is 6. The van der Waals surface area contributed by atoms with E-state index in [-0.39, 0.29) is 6.09 Å². The van der Waals surface area contributed by atoms with Gasteiger partial charge in [0.15, 0.2) is 0 Å². The molecule has 0 bridgehead atoms. The highest BCUT2D eigenvalue weighted by molar-refractivity contribution is 6.30. The van der Waals surface area contributed by atoms with E-state index < -0.39 is 0 Å². The van der Waals surface area contributed by atoms with Gasteiger partial charge in [-0.25, -0.2) is 4.79 Å². The van der Waals surface area contributed by atoms with E-state index in [9.17, 15) is 4.79 Å². The number of rotatable bonds is 5. The molecular formula is C19H25ClN4O3. The number of benzene rings is 1. The van der Waals surface area contributed by atoms with Gasteiger partial charge in [0, 0.05) is 36.8 Å². The summed E-state index contributed by atoms with van der Waals surface area (Å²) in [5, 5.41) is 4.68. The van der Waals surface area contributed by atoms with Gasteiger partial charge in [-0.3, -0.25) is 4.90 Å². The Morgan fingerprint density at radius 2 is 2.15 bits per heavy atom. The fourth-order valence-corrected chi connectivity index (χ4v) is 3.09. The minimum Gasteiger partial charge on any atom is -0.449 e. The number of nitrogens with zero attached hydrogens (tertiary/aromatic N) is 4. The molecule has 8 heteroatoms. The Bertz CT molecular complexity index is 765. The third-order valence-corrected chi connectivity index (χ3v) is 4.53. The summed E-state index contributed by atoms with van der Waals surface area (Å²) in [4.78, 5) is 20.6. The molecular weight excluding hydrogens is 368 g/mol.